The number of carbonyl (C=O) groups excluding carboxylic acids is 1. The molecule has 0 bridgehead atoms. The van der Waals surface area contributed by atoms with Crippen molar-refractivity contribution in [1.29, 1.82) is 0 Å². The van der Waals surface area contributed by atoms with Gasteiger partial charge in [0.05, 0.1) is 6.61 Å². The summed E-state index contributed by atoms with van der Waals surface area (Å²) >= 11 is 0. The van der Waals surface area contributed by atoms with E-state index < -0.39 is 0 Å². The van der Waals surface area contributed by atoms with Crippen LogP contribution < -0.4 is 0 Å². The number of aliphatic hydroxyl groups is 1. The lowest BCUT2D eigenvalue weighted by Crippen LogP contribution is -1.94. The largest absolute Gasteiger partial charge is 0.392 e. The van der Waals surface area contributed by atoms with Gasteiger partial charge in [0.25, 0.3) is 0 Å². The lowest BCUT2D eigenvalue weighted by Gasteiger charge is -2.10. The van der Waals surface area contributed by atoms with E-state index in [9.17, 15) is 4.79 Å². The van der Waals surface area contributed by atoms with E-state index in [0.29, 0.717) is 5.92 Å². The molecule has 1 aromatic carbocycles. The van der Waals surface area contributed by atoms with Crippen LogP contribution in [-0.2, 0) is 0 Å². The van der Waals surface area contributed by atoms with Gasteiger partial charge in [0, 0.05) is 5.56 Å². The minimum absolute atomic E-state index is 0.141. The van der Waals surface area contributed by atoms with Crippen molar-refractivity contribution in [3.63, 3.8) is 0 Å². The zero-order chi connectivity index (χ0) is 12.7. The van der Waals surface area contributed by atoms with E-state index in [1.54, 1.807) is 0 Å². The van der Waals surface area contributed by atoms with Gasteiger partial charge >= 0.3 is 0 Å². The molecule has 1 aromatic rings. The fourth-order valence-corrected chi connectivity index (χ4v) is 1.71. The maximum atomic E-state index is 10.5. The Hall–Kier alpha value is -1.41. The molecule has 0 aliphatic carbocycles. The van der Waals surface area contributed by atoms with Gasteiger partial charge in [-0.15, -0.1) is 0 Å². The Bertz CT molecular complexity index is 376. The van der Waals surface area contributed by atoms with E-state index in [-0.39, 0.29) is 6.61 Å². The highest BCUT2D eigenvalue weighted by molar-refractivity contribution is 5.74. The van der Waals surface area contributed by atoms with Crippen LogP contribution in [-0.4, -0.2) is 18.0 Å². The summed E-state index contributed by atoms with van der Waals surface area (Å²) in [6, 6.07) is 7.73. The summed E-state index contributed by atoms with van der Waals surface area (Å²) in [5, 5.41) is 8.87. The van der Waals surface area contributed by atoms with Gasteiger partial charge in [-0.05, 0) is 31.2 Å². The minimum atomic E-state index is 0.141. The molecule has 92 valence electrons. The Labute approximate surface area is 103 Å². The summed E-state index contributed by atoms with van der Waals surface area (Å²) < 4.78 is 0. The molecule has 0 radical (unpaired) electrons. The first-order valence-corrected chi connectivity index (χ1v) is 5.99. The van der Waals surface area contributed by atoms with E-state index in [2.05, 4.69) is 13.0 Å². The lowest BCUT2D eigenvalue weighted by atomic mass is 9.95. The Morgan fingerprint density at radius 1 is 1.35 bits per heavy atom. The van der Waals surface area contributed by atoms with Crippen LogP contribution in [0.1, 0.15) is 48.5 Å². The number of rotatable bonds is 6. The number of aliphatic hydroxyl groups excluding tert-OH is 1. The average Bonchev–Trinajstić information content (AvgIpc) is 2.38. The van der Waals surface area contributed by atoms with Crippen LogP contribution >= 0.6 is 0 Å². The molecule has 0 spiro atoms. The van der Waals surface area contributed by atoms with Crippen molar-refractivity contribution in [2.45, 2.75) is 32.6 Å². The molecule has 0 saturated carbocycles. The first-order valence-electron chi connectivity index (χ1n) is 5.99. The molecule has 17 heavy (non-hydrogen) atoms. The fourth-order valence-electron chi connectivity index (χ4n) is 1.71. The van der Waals surface area contributed by atoms with Crippen LogP contribution in [0, 0.1) is 0 Å². The molecule has 2 heteroatoms. The Balaban J connectivity index is 2.51. The van der Waals surface area contributed by atoms with Crippen molar-refractivity contribution in [3.8, 4) is 0 Å². The summed E-state index contributed by atoms with van der Waals surface area (Å²) in [5.41, 5.74) is 3.00. The van der Waals surface area contributed by atoms with Gasteiger partial charge in [-0.2, -0.15) is 0 Å². The fraction of sp³-hybridized carbons (Fsp3) is 0.400. The molecule has 0 aromatic heterocycles. The minimum Gasteiger partial charge on any atom is -0.392 e. The molecule has 0 heterocycles. The lowest BCUT2D eigenvalue weighted by molar-refractivity contribution is 0.112. The van der Waals surface area contributed by atoms with Crippen LogP contribution in [0.15, 0.2) is 35.9 Å². The summed E-state index contributed by atoms with van der Waals surface area (Å²) in [6.45, 7) is 4.25. The zero-order valence-corrected chi connectivity index (χ0v) is 10.5. The summed E-state index contributed by atoms with van der Waals surface area (Å²) in [6.07, 6.45) is 4.97. The van der Waals surface area contributed by atoms with Gasteiger partial charge in [0.15, 0.2) is 0 Å². The quantitative estimate of drug-likeness (QED) is 0.603. The summed E-state index contributed by atoms with van der Waals surface area (Å²) in [5.74, 6) is 0.471. The molecular weight excluding hydrogens is 212 g/mol. The molecule has 0 unspecified atom stereocenters. The molecule has 2 nitrogen and oxygen atoms in total. The van der Waals surface area contributed by atoms with Gasteiger partial charge in [-0.3, -0.25) is 4.79 Å². The van der Waals surface area contributed by atoms with Crippen molar-refractivity contribution in [3.05, 3.63) is 47.0 Å². The summed E-state index contributed by atoms with van der Waals surface area (Å²) in [4.78, 5) is 10.5. The number of hydrogen-bond donors (Lipinski definition) is 1. The summed E-state index contributed by atoms with van der Waals surface area (Å²) in [7, 11) is 0. The third-order valence-electron chi connectivity index (χ3n) is 2.98. The molecule has 1 N–H and O–H groups in total. The Morgan fingerprint density at radius 2 is 2.00 bits per heavy atom. The predicted molar refractivity (Wildman–Crippen MR) is 70.3 cm³/mol. The van der Waals surface area contributed by atoms with Gasteiger partial charge < -0.3 is 5.11 Å². The van der Waals surface area contributed by atoms with E-state index in [1.807, 2.05) is 31.2 Å². The second kappa shape index (κ2) is 7.02. The molecule has 0 aliphatic rings. The molecule has 0 saturated heterocycles. The molecule has 0 fully saturated rings. The molecular formula is C15H20O2. The number of carbonyl (C=O) groups is 1. The van der Waals surface area contributed by atoms with E-state index in [4.69, 9.17) is 5.11 Å². The normalized spacial score (nSPS) is 13.5. The third-order valence-corrected chi connectivity index (χ3v) is 2.98. The molecule has 1 atom stereocenters. The van der Waals surface area contributed by atoms with Crippen molar-refractivity contribution in [1.82, 2.24) is 0 Å². The highest BCUT2D eigenvalue weighted by Gasteiger charge is 2.04. The first kappa shape index (κ1) is 13.7. The van der Waals surface area contributed by atoms with Crippen LogP contribution in [0.3, 0.4) is 0 Å². The van der Waals surface area contributed by atoms with Crippen molar-refractivity contribution in [2.75, 3.05) is 6.61 Å². The van der Waals surface area contributed by atoms with Gasteiger partial charge in [-0.1, -0.05) is 42.8 Å². The number of benzene rings is 1. The predicted octanol–water partition coefficient (Wildman–Crippen LogP) is 3.32. The van der Waals surface area contributed by atoms with E-state index in [0.717, 1.165) is 30.3 Å². The Kier molecular flexibility index (Phi) is 5.64. The number of allylic oxidation sites excluding steroid dienone is 1. The van der Waals surface area contributed by atoms with Crippen LogP contribution in [0.2, 0.25) is 0 Å². The second-order valence-electron chi connectivity index (χ2n) is 4.47. The molecule has 0 amide bonds. The smallest absolute Gasteiger partial charge is 0.150 e. The third kappa shape index (κ3) is 4.53. The molecule has 1 rings (SSSR count). The van der Waals surface area contributed by atoms with Crippen molar-refractivity contribution >= 4 is 6.29 Å². The van der Waals surface area contributed by atoms with Crippen LogP contribution in [0.5, 0.6) is 0 Å². The van der Waals surface area contributed by atoms with E-state index >= 15 is 0 Å². The van der Waals surface area contributed by atoms with Gasteiger partial charge in [0.2, 0.25) is 0 Å². The molecule has 0 aliphatic heterocycles. The topological polar surface area (TPSA) is 37.3 Å². The van der Waals surface area contributed by atoms with Gasteiger partial charge in [0.1, 0.15) is 6.29 Å². The van der Waals surface area contributed by atoms with Crippen molar-refractivity contribution < 1.29 is 9.90 Å². The maximum Gasteiger partial charge on any atom is 0.150 e. The number of aldehydes is 1. The second-order valence-corrected chi connectivity index (χ2v) is 4.47. The SMILES string of the molecule is CC(=CCC[C@@H](C)c1ccc(C=O)cc1)CO. The van der Waals surface area contributed by atoms with E-state index in [1.165, 1.54) is 5.56 Å². The zero-order valence-electron chi connectivity index (χ0n) is 10.5. The maximum absolute atomic E-state index is 10.5. The van der Waals surface area contributed by atoms with Crippen molar-refractivity contribution in [2.24, 2.45) is 0 Å². The number of hydrogen-bond acceptors (Lipinski definition) is 2. The Morgan fingerprint density at radius 3 is 2.53 bits per heavy atom. The monoisotopic (exact) mass is 232 g/mol. The first-order chi connectivity index (χ1) is 8.17. The highest BCUT2D eigenvalue weighted by atomic mass is 16.3. The average molecular weight is 232 g/mol. The van der Waals surface area contributed by atoms with Gasteiger partial charge in [-0.25, -0.2) is 0 Å². The van der Waals surface area contributed by atoms with Crippen LogP contribution in [0.4, 0.5) is 0 Å². The highest BCUT2D eigenvalue weighted by Crippen LogP contribution is 2.21. The van der Waals surface area contributed by atoms with Crippen LogP contribution in [0.25, 0.3) is 0 Å². The standard InChI is InChI=1S/C15H20O2/c1-12(10-16)4-3-5-13(2)15-8-6-14(11-17)7-9-15/h4,6-9,11,13,16H,3,5,10H2,1-2H3/t13-/m1/s1.